The molecule has 0 heterocycles. The standard InChI is InChI=1S/C74H134O6/c1-4-7-10-13-16-19-22-24-26-28-30-32-34-35-36-37-38-39-41-42-44-46-48-50-52-55-58-61-64-67-73(76)79-70-71(69-78-72(75)66-63-60-57-54-21-18-15-12-9-6-3)80-74(77)68-65-62-59-56-53-51-49-47-45-43-40-33-31-29-27-25-23-20-17-14-11-8-5-2/h22-25,28-31,40,43,71H,4-21,26-27,32-39,41-42,44-70H2,1-3H3/b24-22-,25-23-,30-28-,31-29-,43-40-. The minimum Gasteiger partial charge on any atom is -0.462 e. The first-order chi connectivity index (χ1) is 39.5. The molecule has 0 saturated carbocycles. The minimum atomic E-state index is -0.776. The van der Waals surface area contributed by atoms with Crippen LogP contribution in [0.1, 0.15) is 374 Å². The molecule has 0 saturated heterocycles. The number of rotatable bonds is 65. The van der Waals surface area contributed by atoms with Crippen molar-refractivity contribution in [2.24, 2.45) is 0 Å². The smallest absolute Gasteiger partial charge is 0.306 e. The molecule has 0 radical (unpaired) electrons. The van der Waals surface area contributed by atoms with Crippen molar-refractivity contribution in [1.82, 2.24) is 0 Å². The third-order valence-electron chi connectivity index (χ3n) is 15.7. The zero-order valence-corrected chi connectivity index (χ0v) is 53.6. The number of esters is 3. The maximum Gasteiger partial charge on any atom is 0.306 e. The van der Waals surface area contributed by atoms with Crippen LogP contribution in [0.3, 0.4) is 0 Å². The average molecular weight is 1120 g/mol. The first-order valence-corrected chi connectivity index (χ1v) is 35.3. The van der Waals surface area contributed by atoms with Crippen molar-refractivity contribution in [1.29, 1.82) is 0 Å². The molecule has 0 N–H and O–H groups in total. The molecule has 0 aliphatic rings. The van der Waals surface area contributed by atoms with Gasteiger partial charge in [0.1, 0.15) is 13.2 Å². The Labute approximate surface area is 498 Å². The fourth-order valence-electron chi connectivity index (χ4n) is 10.4. The number of ether oxygens (including phenoxy) is 3. The van der Waals surface area contributed by atoms with E-state index in [0.29, 0.717) is 19.3 Å². The van der Waals surface area contributed by atoms with Gasteiger partial charge >= 0.3 is 17.9 Å². The lowest BCUT2D eigenvalue weighted by molar-refractivity contribution is -0.167. The summed E-state index contributed by atoms with van der Waals surface area (Å²) in [5.74, 6) is -0.860. The Balaban J connectivity index is 4.16. The highest BCUT2D eigenvalue weighted by Crippen LogP contribution is 2.18. The van der Waals surface area contributed by atoms with Crippen molar-refractivity contribution >= 4 is 17.9 Å². The molecule has 0 fully saturated rings. The van der Waals surface area contributed by atoms with Gasteiger partial charge in [-0.25, -0.2) is 0 Å². The molecule has 6 nitrogen and oxygen atoms in total. The second kappa shape index (κ2) is 68.6. The zero-order chi connectivity index (χ0) is 57.8. The largest absolute Gasteiger partial charge is 0.462 e. The summed E-state index contributed by atoms with van der Waals surface area (Å²) >= 11 is 0. The Bertz CT molecular complexity index is 1430. The molecule has 1 unspecified atom stereocenters. The summed E-state index contributed by atoms with van der Waals surface area (Å²) in [5, 5.41) is 0. The van der Waals surface area contributed by atoms with Crippen molar-refractivity contribution in [2.45, 2.75) is 380 Å². The highest BCUT2D eigenvalue weighted by molar-refractivity contribution is 5.71. The van der Waals surface area contributed by atoms with Gasteiger partial charge in [-0.1, -0.05) is 326 Å². The highest BCUT2D eigenvalue weighted by atomic mass is 16.6. The van der Waals surface area contributed by atoms with Crippen LogP contribution >= 0.6 is 0 Å². The first-order valence-electron chi connectivity index (χ1n) is 35.3. The maximum atomic E-state index is 12.9. The van der Waals surface area contributed by atoms with Gasteiger partial charge in [0, 0.05) is 19.3 Å². The Morgan fingerprint density at radius 3 is 0.700 bits per heavy atom. The number of allylic oxidation sites excluding steroid dienone is 10. The molecule has 1 atom stereocenters. The Kier molecular flexibility index (Phi) is 66.1. The van der Waals surface area contributed by atoms with E-state index in [-0.39, 0.29) is 31.1 Å². The van der Waals surface area contributed by atoms with Crippen molar-refractivity contribution in [3.05, 3.63) is 60.8 Å². The fourth-order valence-corrected chi connectivity index (χ4v) is 10.4. The van der Waals surface area contributed by atoms with Gasteiger partial charge in [-0.05, 0) is 89.9 Å². The predicted molar refractivity (Wildman–Crippen MR) is 348 cm³/mol. The highest BCUT2D eigenvalue weighted by Gasteiger charge is 2.19. The van der Waals surface area contributed by atoms with E-state index in [1.54, 1.807) is 0 Å². The molecule has 0 bridgehead atoms. The van der Waals surface area contributed by atoms with Crippen LogP contribution in [0.15, 0.2) is 60.8 Å². The molecule has 0 aromatic carbocycles. The maximum absolute atomic E-state index is 12.9. The Morgan fingerprint density at radius 2 is 0.450 bits per heavy atom. The quantitative estimate of drug-likeness (QED) is 0.0261. The van der Waals surface area contributed by atoms with E-state index in [1.165, 1.54) is 250 Å². The molecule has 0 rings (SSSR count). The summed E-state index contributed by atoms with van der Waals surface area (Å²) in [4.78, 5) is 38.3. The lowest BCUT2D eigenvalue weighted by atomic mass is 10.0. The van der Waals surface area contributed by atoms with E-state index < -0.39 is 6.10 Å². The van der Waals surface area contributed by atoms with Gasteiger partial charge in [0.2, 0.25) is 0 Å². The summed E-state index contributed by atoms with van der Waals surface area (Å²) in [7, 11) is 0. The zero-order valence-electron chi connectivity index (χ0n) is 53.6. The number of hydrogen-bond donors (Lipinski definition) is 0. The van der Waals surface area contributed by atoms with E-state index in [9.17, 15) is 14.4 Å². The molecule has 0 amide bonds. The summed E-state index contributed by atoms with van der Waals surface area (Å²) in [6.07, 6.45) is 88.3. The molecule has 466 valence electrons. The summed E-state index contributed by atoms with van der Waals surface area (Å²) in [6.45, 7) is 6.65. The van der Waals surface area contributed by atoms with Gasteiger partial charge in [-0.15, -0.1) is 0 Å². The number of carbonyl (C=O) groups excluding carboxylic acids is 3. The van der Waals surface area contributed by atoms with Gasteiger partial charge in [0.05, 0.1) is 0 Å². The van der Waals surface area contributed by atoms with E-state index in [4.69, 9.17) is 14.2 Å². The van der Waals surface area contributed by atoms with Crippen LogP contribution in [0.5, 0.6) is 0 Å². The lowest BCUT2D eigenvalue weighted by Gasteiger charge is -2.18. The van der Waals surface area contributed by atoms with Crippen molar-refractivity contribution in [2.75, 3.05) is 13.2 Å². The third kappa shape index (κ3) is 65.9. The summed E-state index contributed by atoms with van der Waals surface area (Å²) in [6, 6.07) is 0. The minimum absolute atomic E-state index is 0.0729. The molecule has 0 spiro atoms. The van der Waals surface area contributed by atoms with Crippen LogP contribution in [0.2, 0.25) is 0 Å². The normalized spacial score (nSPS) is 12.4. The summed E-state index contributed by atoms with van der Waals surface area (Å²) < 4.78 is 16.9. The predicted octanol–water partition coefficient (Wildman–Crippen LogP) is 24.3. The van der Waals surface area contributed by atoms with Crippen LogP contribution in [0.25, 0.3) is 0 Å². The molecule has 0 aliphatic carbocycles. The first kappa shape index (κ1) is 77.1. The van der Waals surface area contributed by atoms with Gasteiger partial charge < -0.3 is 14.2 Å². The van der Waals surface area contributed by atoms with Crippen LogP contribution in [0, 0.1) is 0 Å². The number of carbonyl (C=O) groups is 3. The fraction of sp³-hybridized carbons (Fsp3) is 0.824. The van der Waals surface area contributed by atoms with E-state index >= 15 is 0 Å². The topological polar surface area (TPSA) is 78.9 Å². The molecular formula is C74H134O6. The second-order valence-corrected chi connectivity index (χ2v) is 23.8. The number of hydrogen-bond acceptors (Lipinski definition) is 6. The van der Waals surface area contributed by atoms with Crippen LogP contribution in [0.4, 0.5) is 0 Å². The van der Waals surface area contributed by atoms with Gasteiger partial charge in [-0.2, -0.15) is 0 Å². The molecule has 0 aromatic heterocycles. The van der Waals surface area contributed by atoms with Crippen LogP contribution < -0.4 is 0 Å². The van der Waals surface area contributed by atoms with Crippen LogP contribution in [-0.4, -0.2) is 37.2 Å². The van der Waals surface area contributed by atoms with Gasteiger partial charge in [0.25, 0.3) is 0 Å². The molecule has 80 heavy (non-hydrogen) atoms. The van der Waals surface area contributed by atoms with E-state index in [2.05, 4.69) is 81.5 Å². The van der Waals surface area contributed by atoms with Crippen molar-refractivity contribution in [3.63, 3.8) is 0 Å². The SMILES string of the molecule is CCCCCCC/C=C\C/C=C\C/C=C\CCCCCCCCCCC(=O)OC(COC(=O)CCCCCCCCCCCC)COC(=O)CCCCCCCCCCCCCCCCCCC/C=C\C/C=C\CCCCCCC. The molecule has 6 heteroatoms. The lowest BCUT2D eigenvalue weighted by Crippen LogP contribution is -2.30. The third-order valence-corrected chi connectivity index (χ3v) is 15.7. The van der Waals surface area contributed by atoms with Gasteiger partial charge in [-0.3, -0.25) is 14.4 Å². The Morgan fingerprint density at radius 1 is 0.250 bits per heavy atom. The van der Waals surface area contributed by atoms with Crippen LogP contribution in [-0.2, 0) is 28.6 Å². The molecular weight excluding hydrogens is 985 g/mol. The summed E-state index contributed by atoms with van der Waals surface area (Å²) in [5.41, 5.74) is 0. The van der Waals surface area contributed by atoms with Gasteiger partial charge in [0.15, 0.2) is 6.10 Å². The van der Waals surface area contributed by atoms with E-state index in [0.717, 1.165) is 83.5 Å². The molecule has 0 aliphatic heterocycles. The average Bonchev–Trinajstić information content (AvgIpc) is 3.46. The Hall–Kier alpha value is -2.89. The monoisotopic (exact) mass is 1120 g/mol. The number of unbranched alkanes of at least 4 members (excludes halogenated alkanes) is 44. The van der Waals surface area contributed by atoms with E-state index in [1.807, 2.05) is 0 Å². The molecule has 0 aromatic rings. The second-order valence-electron chi connectivity index (χ2n) is 23.8. The van der Waals surface area contributed by atoms with Crippen molar-refractivity contribution < 1.29 is 28.6 Å². The van der Waals surface area contributed by atoms with Crippen molar-refractivity contribution in [3.8, 4) is 0 Å².